The van der Waals surface area contributed by atoms with Crippen molar-refractivity contribution in [2.75, 3.05) is 19.8 Å². The highest BCUT2D eigenvalue weighted by molar-refractivity contribution is 7.10. The Bertz CT molecular complexity index is 260. The second-order valence-corrected chi connectivity index (χ2v) is 4.51. The van der Waals surface area contributed by atoms with Gasteiger partial charge in [-0.25, -0.2) is 0 Å². The summed E-state index contributed by atoms with van der Waals surface area (Å²) in [4.78, 5) is 1.47. The van der Waals surface area contributed by atoms with Gasteiger partial charge in [0.25, 0.3) is 0 Å². The molecule has 0 radical (unpaired) electrons. The maximum Gasteiger partial charge on any atom is 0.0591 e. The van der Waals surface area contributed by atoms with Crippen molar-refractivity contribution < 1.29 is 4.74 Å². The van der Waals surface area contributed by atoms with Crippen LogP contribution in [0, 0.1) is 0 Å². The first-order chi connectivity index (χ1) is 7.38. The number of nitrogens with one attached hydrogen (secondary N) is 1. The normalized spacial score (nSPS) is 10.8. The van der Waals surface area contributed by atoms with Crippen LogP contribution in [-0.2, 0) is 17.7 Å². The molecular weight excluding hydrogens is 206 g/mol. The molecule has 0 spiro atoms. The second-order valence-electron chi connectivity index (χ2n) is 3.51. The van der Waals surface area contributed by atoms with Crippen LogP contribution in [0.3, 0.4) is 0 Å². The summed E-state index contributed by atoms with van der Waals surface area (Å²) in [6, 6.07) is 2.22. The zero-order chi connectivity index (χ0) is 10.9. The van der Waals surface area contributed by atoms with E-state index in [2.05, 4.69) is 30.6 Å². The fourth-order valence-electron chi connectivity index (χ4n) is 1.43. The summed E-state index contributed by atoms with van der Waals surface area (Å²) in [5.41, 5.74) is 1.47. The molecule has 0 atom stereocenters. The first-order valence-corrected chi connectivity index (χ1v) is 6.60. The first-order valence-electron chi connectivity index (χ1n) is 5.72. The largest absolute Gasteiger partial charge is 0.380 e. The maximum atomic E-state index is 5.40. The van der Waals surface area contributed by atoms with Gasteiger partial charge in [0.2, 0.25) is 0 Å². The highest BCUT2D eigenvalue weighted by atomic mass is 32.1. The Labute approximate surface area is 96.7 Å². The molecule has 0 saturated heterocycles. The van der Waals surface area contributed by atoms with Crippen LogP contribution in [0.1, 0.15) is 30.7 Å². The number of hydrogen-bond acceptors (Lipinski definition) is 3. The summed E-state index contributed by atoms with van der Waals surface area (Å²) in [6.07, 6.45) is 2.23. The zero-order valence-corrected chi connectivity index (χ0v) is 10.5. The molecule has 0 fully saturated rings. The molecule has 2 nitrogen and oxygen atoms in total. The fourth-order valence-corrected chi connectivity index (χ4v) is 2.38. The van der Waals surface area contributed by atoms with Gasteiger partial charge in [0.1, 0.15) is 0 Å². The third-order valence-electron chi connectivity index (χ3n) is 2.28. The molecule has 1 aromatic heterocycles. The summed E-state index contributed by atoms with van der Waals surface area (Å²) < 4.78 is 5.40. The van der Waals surface area contributed by atoms with E-state index < -0.39 is 0 Å². The van der Waals surface area contributed by atoms with Crippen molar-refractivity contribution in [2.45, 2.75) is 33.2 Å². The number of thiophene rings is 1. The standard InChI is InChI=1S/C12H21NOS/c1-3-7-14-8-6-13-10-12-11(4-2)5-9-15-12/h5,9,13H,3-4,6-8,10H2,1-2H3. The Kier molecular flexibility index (Phi) is 6.64. The maximum absolute atomic E-state index is 5.40. The first kappa shape index (κ1) is 12.7. The van der Waals surface area contributed by atoms with Crippen LogP contribution in [0.25, 0.3) is 0 Å². The summed E-state index contributed by atoms with van der Waals surface area (Å²) >= 11 is 1.84. The van der Waals surface area contributed by atoms with Crippen molar-refractivity contribution in [3.63, 3.8) is 0 Å². The van der Waals surface area contributed by atoms with E-state index in [1.165, 1.54) is 10.4 Å². The minimum Gasteiger partial charge on any atom is -0.380 e. The minimum absolute atomic E-state index is 0.820. The molecule has 0 saturated carbocycles. The van der Waals surface area contributed by atoms with E-state index in [1.54, 1.807) is 0 Å². The molecule has 1 aromatic rings. The topological polar surface area (TPSA) is 21.3 Å². The fraction of sp³-hybridized carbons (Fsp3) is 0.667. The van der Waals surface area contributed by atoms with Crippen LogP contribution >= 0.6 is 11.3 Å². The Morgan fingerprint density at radius 1 is 1.33 bits per heavy atom. The predicted molar refractivity (Wildman–Crippen MR) is 66.5 cm³/mol. The molecule has 1 heterocycles. The number of hydrogen-bond donors (Lipinski definition) is 1. The molecule has 0 aromatic carbocycles. The van der Waals surface area contributed by atoms with Gasteiger partial charge in [-0.3, -0.25) is 0 Å². The van der Waals surface area contributed by atoms with Crippen LogP contribution in [-0.4, -0.2) is 19.8 Å². The van der Waals surface area contributed by atoms with Crippen LogP contribution < -0.4 is 5.32 Å². The van der Waals surface area contributed by atoms with Gasteiger partial charge in [-0.1, -0.05) is 13.8 Å². The van der Waals surface area contributed by atoms with Crippen LogP contribution in [0.15, 0.2) is 11.4 Å². The van der Waals surface area contributed by atoms with E-state index in [9.17, 15) is 0 Å². The lowest BCUT2D eigenvalue weighted by molar-refractivity contribution is 0.136. The Balaban J connectivity index is 2.09. The molecule has 0 aliphatic carbocycles. The molecule has 0 amide bonds. The molecule has 0 aliphatic heterocycles. The lowest BCUT2D eigenvalue weighted by Crippen LogP contribution is -2.19. The Hall–Kier alpha value is -0.380. The average molecular weight is 227 g/mol. The molecular formula is C12H21NOS. The van der Waals surface area contributed by atoms with E-state index in [4.69, 9.17) is 4.74 Å². The van der Waals surface area contributed by atoms with Gasteiger partial charge in [0.05, 0.1) is 6.61 Å². The molecule has 0 unspecified atom stereocenters. The highest BCUT2D eigenvalue weighted by Crippen LogP contribution is 2.16. The van der Waals surface area contributed by atoms with Crippen molar-refractivity contribution in [3.8, 4) is 0 Å². The third-order valence-corrected chi connectivity index (χ3v) is 3.24. The van der Waals surface area contributed by atoms with Crippen molar-refractivity contribution in [2.24, 2.45) is 0 Å². The molecule has 0 aliphatic rings. The van der Waals surface area contributed by atoms with Crippen LogP contribution in [0.2, 0.25) is 0 Å². The molecule has 0 bridgehead atoms. The predicted octanol–water partition coefficient (Wildman–Crippen LogP) is 2.83. The monoisotopic (exact) mass is 227 g/mol. The van der Waals surface area contributed by atoms with E-state index >= 15 is 0 Å². The molecule has 3 heteroatoms. The summed E-state index contributed by atoms with van der Waals surface area (Å²) in [5, 5.41) is 5.58. The number of aryl methyl sites for hydroxylation is 1. The van der Waals surface area contributed by atoms with Crippen LogP contribution in [0.4, 0.5) is 0 Å². The SMILES string of the molecule is CCCOCCNCc1sccc1CC. The summed E-state index contributed by atoms with van der Waals surface area (Å²) in [7, 11) is 0. The molecule has 15 heavy (non-hydrogen) atoms. The van der Waals surface area contributed by atoms with Crippen molar-refractivity contribution >= 4 is 11.3 Å². The summed E-state index contributed by atoms with van der Waals surface area (Å²) in [5.74, 6) is 0. The van der Waals surface area contributed by atoms with Crippen molar-refractivity contribution in [3.05, 3.63) is 21.9 Å². The second kappa shape index (κ2) is 7.85. The van der Waals surface area contributed by atoms with E-state index in [-0.39, 0.29) is 0 Å². The number of ether oxygens (including phenoxy) is 1. The van der Waals surface area contributed by atoms with Gasteiger partial charge < -0.3 is 10.1 Å². The molecule has 1 rings (SSSR count). The average Bonchev–Trinajstić information content (AvgIpc) is 2.70. The minimum atomic E-state index is 0.820. The molecule has 86 valence electrons. The lowest BCUT2D eigenvalue weighted by Gasteiger charge is -2.05. The van der Waals surface area contributed by atoms with Crippen molar-refractivity contribution in [1.82, 2.24) is 5.32 Å². The Morgan fingerprint density at radius 2 is 2.20 bits per heavy atom. The zero-order valence-electron chi connectivity index (χ0n) is 9.71. The van der Waals surface area contributed by atoms with E-state index in [1.807, 2.05) is 11.3 Å². The van der Waals surface area contributed by atoms with Crippen molar-refractivity contribution in [1.29, 1.82) is 0 Å². The van der Waals surface area contributed by atoms with Gasteiger partial charge in [-0.15, -0.1) is 11.3 Å². The smallest absolute Gasteiger partial charge is 0.0591 e. The van der Waals surface area contributed by atoms with E-state index in [0.717, 1.165) is 39.1 Å². The van der Waals surface area contributed by atoms with Gasteiger partial charge in [-0.2, -0.15) is 0 Å². The highest BCUT2D eigenvalue weighted by Gasteiger charge is 2.00. The number of rotatable bonds is 8. The van der Waals surface area contributed by atoms with E-state index in [0.29, 0.717) is 0 Å². The van der Waals surface area contributed by atoms with Gasteiger partial charge in [-0.05, 0) is 29.9 Å². The third kappa shape index (κ3) is 4.78. The quantitative estimate of drug-likeness (QED) is 0.690. The van der Waals surface area contributed by atoms with Crippen LogP contribution in [0.5, 0.6) is 0 Å². The van der Waals surface area contributed by atoms with Gasteiger partial charge in [0.15, 0.2) is 0 Å². The van der Waals surface area contributed by atoms with Gasteiger partial charge in [0, 0.05) is 24.6 Å². The molecule has 1 N–H and O–H groups in total. The lowest BCUT2D eigenvalue weighted by atomic mass is 10.2. The van der Waals surface area contributed by atoms with Gasteiger partial charge >= 0.3 is 0 Å². The summed E-state index contributed by atoms with van der Waals surface area (Å²) in [6.45, 7) is 7.96. The Morgan fingerprint density at radius 3 is 2.93 bits per heavy atom.